The Bertz CT molecular complexity index is 681. The van der Waals surface area contributed by atoms with Crippen LogP contribution in [-0.4, -0.2) is 18.6 Å². The smallest absolute Gasteiger partial charge is 0.243 e. The Kier molecular flexibility index (Phi) is 6.24. The molecule has 24 heavy (non-hydrogen) atoms. The molecule has 0 bridgehead atoms. The van der Waals surface area contributed by atoms with E-state index in [9.17, 15) is 4.79 Å². The lowest BCUT2D eigenvalue weighted by molar-refractivity contribution is -0.114. The lowest BCUT2D eigenvalue weighted by Crippen LogP contribution is -2.23. The fourth-order valence-corrected chi connectivity index (χ4v) is 2.46. The lowest BCUT2D eigenvalue weighted by Gasteiger charge is -2.16. The van der Waals surface area contributed by atoms with E-state index in [4.69, 9.17) is 4.74 Å². The zero-order chi connectivity index (χ0) is 17.5. The van der Waals surface area contributed by atoms with E-state index in [2.05, 4.69) is 30.5 Å². The largest absolute Gasteiger partial charge is 0.489 e. The van der Waals surface area contributed by atoms with Gasteiger partial charge in [0.15, 0.2) is 0 Å². The molecule has 0 atom stereocenters. The van der Waals surface area contributed by atoms with Gasteiger partial charge in [0, 0.05) is 5.69 Å². The van der Waals surface area contributed by atoms with Crippen LogP contribution in [0.15, 0.2) is 48.5 Å². The molecule has 128 valence electrons. The van der Waals surface area contributed by atoms with Crippen molar-refractivity contribution in [3.8, 4) is 5.75 Å². The Hall–Kier alpha value is -2.49. The summed E-state index contributed by atoms with van der Waals surface area (Å²) in [4.78, 5) is 12.3. The summed E-state index contributed by atoms with van der Waals surface area (Å²) in [6.07, 6.45) is 0.0547. The first-order valence-corrected chi connectivity index (χ1v) is 8.35. The highest BCUT2D eigenvalue weighted by atomic mass is 16.5. The summed E-state index contributed by atoms with van der Waals surface area (Å²) in [5.74, 6) is 0.980. The molecule has 0 aliphatic heterocycles. The van der Waals surface area contributed by atoms with E-state index in [0.717, 1.165) is 5.69 Å². The molecule has 0 heterocycles. The van der Waals surface area contributed by atoms with Gasteiger partial charge in [-0.25, -0.2) is 0 Å². The second-order valence-electron chi connectivity index (χ2n) is 6.31. The molecule has 0 saturated heterocycles. The average molecular weight is 326 g/mol. The predicted octanol–water partition coefficient (Wildman–Crippen LogP) is 4.65. The van der Waals surface area contributed by atoms with Crippen molar-refractivity contribution in [3.63, 3.8) is 0 Å². The van der Waals surface area contributed by atoms with Crippen molar-refractivity contribution in [2.24, 2.45) is 0 Å². The number of amides is 1. The van der Waals surface area contributed by atoms with Gasteiger partial charge in [-0.2, -0.15) is 0 Å². The molecule has 0 radical (unpaired) electrons. The molecule has 0 fully saturated rings. The van der Waals surface area contributed by atoms with Gasteiger partial charge in [0.1, 0.15) is 5.75 Å². The number of nitrogens with one attached hydrogen (secondary N) is 2. The number of anilines is 2. The first-order valence-electron chi connectivity index (χ1n) is 8.35. The zero-order valence-corrected chi connectivity index (χ0v) is 14.8. The minimum absolute atomic E-state index is 0.0547. The summed E-state index contributed by atoms with van der Waals surface area (Å²) in [5, 5.41) is 6.13. The van der Waals surface area contributed by atoms with Crippen molar-refractivity contribution in [1.82, 2.24) is 0 Å². The molecule has 2 aromatic carbocycles. The molecule has 0 unspecified atom stereocenters. The Balaban J connectivity index is 2.00. The third-order valence-corrected chi connectivity index (χ3v) is 3.55. The van der Waals surface area contributed by atoms with Gasteiger partial charge in [0.25, 0.3) is 0 Å². The molecule has 1 amide bonds. The monoisotopic (exact) mass is 326 g/mol. The maximum Gasteiger partial charge on any atom is 0.243 e. The Morgan fingerprint density at radius 1 is 0.958 bits per heavy atom. The Morgan fingerprint density at radius 2 is 1.58 bits per heavy atom. The van der Waals surface area contributed by atoms with Gasteiger partial charge >= 0.3 is 0 Å². The van der Waals surface area contributed by atoms with Gasteiger partial charge in [0.2, 0.25) is 5.91 Å². The van der Waals surface area contributed by atoms with Crippen LogP contribution in [0.25, 0.3) is 0 Å². The molecule has 0 aliphatic carbocycles. The van der Waals surface area contributed by atoms with Crippen LogP contribution in [0.3, 0.4) is 0 Å². The molecule has 2 rings (SSSR count). The SMILES string of the molecule is CC(C)Oc1ccccc1NC(=O)CNc1ccccc1C(C)C. The normalized spacial score (nSPS) is 10.8. The first kappa shape index (κ1) is 17.9. The fourth-order valence-electron chi connectivity index (χ4n) is 2.46. The van der Waals surface area contributed by atoms with Gasteiger partial charge in [-0.15, -0.1) is 0 Å². The summed E-state index contributed by atoms with van der Waals surface area (Å²) >= 11 is 0. The van der Waals surface area contributed by atoms with Gasteiger partial charge in [-0.3, -0.25) is 4.79 Å². The van der Waals surface area contributed by atoms with Crippen LogP contribution in [-0.2, 0) is 4.79 Å². The standard InChI is InChI=1S/C20H26N2O2/c1-14(2)16-9-5-6-10-17(16)21-13-20(23)22-18-11-7-8-12-19(18)24-15(3)4/h5-12,14-15,21H,13H2,1-4H3,(H,22,23). The number of rotatable bonds is 7. The van der Waals surface area contributed by atoms with Crippen molar-refractivity contribution >= 4 is 17.3 Å². The highest BCUT2D eigenvalue weighted by molar-refractivity contribution is 5.95. The Morgan fingerprint density at radius 3 is 2.25 bits per heavy atom. The van der Waals surface area contributed by atoms with E-state index in [0.29, 0.717) is 17.4 Å². The quantitative estimate of drug-likeness (QED) is 0.779. The fraction of sp³-hybridized carbons (Fsp3) is 0.350. The predicted molar refractivity (Wildman–Crippen MR) is 99.9 cm³/mol. The van der Waals surface area contributed by atoms with E-state index < -0.39 is 0 Å². The number of carbonyl (C=O) groups excluding carboxylic acids is 1. The highest BCUT2D eigenvalue weighted by Gasteiger charge is 2.10. The van der Waals surface area contributed by atoms with Crippen LogP contribution in [0.1, 0.15) is 39.2 Å². The van der Waals surface area contributed by atoms with Crippen molar-refractivity contribution in [2.45, 2.75) is 39.7 Å². The maximum absolute atomic E-state index is 12.3. The maximum atomic E-state index is 12.3. The summed E-state index contributed by atoms with van der Waals surface area (Å²) in [7, 11) is 0. The van der Waals surface area contributed by atoms with Gasteiger partial charge in [0.05, 0.1) is 18.3 Å². The molecule has 0 aliphatic rings. The molecule has 2 N–H and O–H groups in total. The van der Waals surface area contributed by atoms with Gasteiger partial charge in [-0.05, 0) is 43.5 Å². The molecular weight excluding hydrogens is 300 g/mol. The third kappa shape index (κ3) is 5.01. The summed E-state index contributed by atoms with van der Waals surface area (Å²) in [5.41, 5.74) is 2.89. The summed E-state index contributed by atoms with van der Waals surface area (Å²) < 4.78 is 5.72. The molecule has 0 spiro atoms. The molecular formula is C20H26N2O2. The Labute approximate surface area is 144 Å². The van der Waals surface area contributed by atoms with Crippen LogP contribution in [0.4, 0.5) is 11.4 Å². The van der Waals surface area contributed by atoms with Gasteiger partial charge < -0.3 is 15.4 Å². The van der Waals surface area contributed by atoms with E-state index >= 15 is 0 Å². The number of ether oxygens (including phenoxy) is 1. The number of para-hydroxylation sites is 3. The van der Waals surface area contributed by atoms with Crippen molar-refractivity contribution in [2.75, 3.05) is 17.2 Å². The van der Waals surface area contributed by atoms with Crippen molar-refractivity contribution < 1.29 is 9.53 Å². The van der Waals surface area contributed by atoms with Crippen LogP contribution >= 0.6 is 0 Å². The second-order valence-corrected chi connectivity index (χ2v) is 6.31. The van der Waals surface area contributed by atoms with E-state index in [1.54, 1.807) is 0 Å². The molecule has 2 aromatic rings. The number of carbonyl (C=O) groups is 1. The minimum Gasteiger partial charge on any atom is -0.489 e. The number of hydrogen-bond acceptors (Lipinski definition) is 3. The van der Waals surface area contributed by atoms with Crippen LogP contribution in [0, 0.1) is 0 Å². The molecule has 0 aromatic heterocycles. The van der Waals surface area contributed by atoms with Crippen molar-refractivity contribution in [1.29, 1.82) is 0 Å². The van der Waals surface area contributed by atoms with Crippen LogP contribution in [0.5, 0.6) is 5.75 Å². The number of hydrogen-bond donors (Lipinski definition) is 2. The zero-order valence-electron chi connectivity index (χ0n) is 14.8. The van der Waals surface area contributed by atoms with E-state index in [-0.39, 0.29) is 18.6 Å². The molecule has 4 heteroatoms. The van der Waals surface area contributed by atoms with Crippen LogP contribution < -0.4 is 15.4 Å². The third-order valence-electron chi connectivity index (χ3n) is 3.55. The van der Waals surface area contributed by atoms with Gasteiger partial charge in [-0.1, -0.05) is 44.2 Å². The molecule has 4 nitrogen and oxygen atoms in total. The summed E-state index contributed by atoms with van der Waals surface area (Å²) in [6, 6.07) is 15.5. The van der Waals surface area contributed by atoms with E-state index in [1.165, 1.54) is 5.56 Å². The van der Waals surface area contributed by atoms with Crippen molar-refractivity contribution in [3.05, 3.63) is 54.1 Å². The second kappa shape index (κ2) is 8.39. The number of benzene rings is 2. The first-order chi connectivity index (χ1) is 11.5. The lowest BCUT2D eigenvalue weighted by atomic mass is 10.0. The molecule has 0 saturated carbocycles. The van der Waals surface area contributed by atoms with E-state index in [1.807, 2.05) is 56.3 Å². The highest BCUT2D eigenvalue weighted by Crippen LogP contribution is 2.25. The average Bonchev–Trinajstić information content (AvgIpc) is 2.54. The van der Waals surface area contributed by atoms with Crippen LogP contribution in [0.2, 0.25) is 0 Å². The minimum atomic E-state index is -0.103. The topological polar surface area (TPSA) is 50.4 Å². The summed E-state index contributed by atoms with van der Waals surface area (Å²) in [6.45, 7) is 8.41.